The first-order valence-corrected chi connectivity index (χ1v) is 9.72. The number of benzene rings is 1. The molecule has 0 radical (unpaired) electrons. The summed E-state index contributed by atoms with van der Waals surface area (Å²) in [6.45, 7) is 9.38. The summed E-state index contributed by atoms with van der Waals surface area (Å²) in [6.07, 6.45) is 1.88. The first-order valence-electron chi connectivity index (χ1n) is 8.23. The molecule has 23 heavy (non-hydrogen) atoms. The predicted octanol–water partition coefficient (Wildman–Crippen LogP) is 2.97. The van der Waals surface area contributed by atoms with Gasteiger partial charge in [0.15, 0.2) is 0 Å². The molecule has 2 rings (SSSR count). The van der Waals surface area contributed by atoms with Gasteiger partial charge in [-0.2, -0.15) is 0 Å². The second-order valence-electron chi connectivity index (χ2n) is 6.23. The molecule has 1 aromatic carbocycles. The average molecular weight is 341 g/mol. The molecule has 1 aromatic rings. The minimum Gasteiger partial charge on any atom is -0.494 e. The van der Waals surface area contributed by atoms with E-state index in [9.17, 15) is 8.42 Å². The zero-order valence-electron chi connectivity index (χ0n) is 14.4. The molecule has 1 saturated heterocycles. The van der Waals surface area contributed by atoms with Gasteiger partial charge in [-0.15, -0.1) is 0 Å². The quantitative estimate of drug-likeness (QED) is 0.828. The van der Waals surface area contributed by atoms with Crippen LogP contribution in [0.3, 0.4) is 0 Å². The van der Waals surface area contributed by atoms with Crippen LogP contribution >= 0.6 is 0 Å². The predicted molar refractivity (Wildman–Crippen MR) is 90.6 cm³/mol. The fourth-order valence-electron chi connectivity index (χ4n) is 2.78. The molecule has 1 heterocycles. The van der Waals surface area contributed by atoms with E-state index >= 15 is 0 Å². The molecule has 1 aliphatic heterocycles. The smallest absolute Gasteiger partial charge is 0.240 e. The second kappa shape index (κ2) is 7.64. The molecule has 1 atom stereocenters. The second-order valence-corrected chi connectivity index (χ2v) is 7.97. The van der Waals surface area contributed by atoms with E-state index in [0.29, 0.717) is 30.2 Å². The number of hydrogen-bond donors (Lipinski definition) is 1. The molecule has 0 unspecified atom stereocenters. The molecule has 1 aliphatic rings. The van der Waals surface area contributed by atoms with Gasteiger partial charge in [0.25, 0.3) is 0 Å². The molecule has 0 spiro atoms. The van der Waals surface area contributed by atoms with Crippen molar-refractivity contribution >= 4 is 10.0 Å². The Morgan fingerprint density at radius 2 is 2.13 bits per heavy atom. The summed E-state index contributed by atoms with van der Waals surface area (Å²) in [7, 11) is -3.55. The summed E-state index contributed by atoms with van der Waals surface area (Å²) in [4.78, 5) is 0.322. The normalized spacial score (nSPS) is 18.6. The van der Waals surface area contributed by atoms with Crippen LogP contribution in [0.25, 0.3) is 0 Å². The van der Waals surface area contributed by atoms with Gasteiger partial charge in [0.1, 0.15) is 5.75 Å². The highest BCUT2D eigenvalue weighted by atomic mass is 32.2. The van der Waals surface area contributed by atoms with Crippen LogP contribution in [0.2, 0.25) is 0 Å². The van der Waals surface area contributed by atoms with Crippen molar-refractivity contribution in [3.63, 3.8) is 0 Å². The van der Waals surface area contributed by atoms with Crippen LogP contribution in [-0.2, 0) is 14.8 Å². The number of rotatable bonds is 7. The topological polar surface area (TPSA) is 64.6 Å². The van der Waals surface area contributed by atoms with Crippen molar-refractivity contribution in [1.82, 2.24) is 4.72 Å². The van der Waals surface area contributed by atoms with Crippen molar-refractivity contribution < 1.29 is 17.9 Å². The van der Waals surface area contributed by atoms with E-state index in [1.807, 2.05) is 26.8 Å². The number of sulfonamides is 1. The highest BCUT2D eigenvalue weighted by Crippen LogP contribution is 2.31. The van der Waals surface area contributed by atoms with E-state index in [1.165, 1.54) is 0 Å². The summed E-state index contributed by atoms with van der Waals surface area (Å²) in [5, 5.41) is 0. The maximum atomic E-state index is 12.6. The van der Waals surface area contributed by atoms with Gasteiger partial charge in [0, 0.05) is 13.2 Å². The maximum absolute atomic E-state index is 12.6. The molecule has 5 nitrogen and oxygen atoms in total. The molecule has 0 aliphatic carbocycles. The van der Waals surface area contributed by atoms with Crippen LogP contribution in [0, 0.1) is 6.92 Å². The van der Waals surface area contributed by atoms with Gasteiger partial charge < -0.3 is 9.47 Å². The van der Waals surface area contributed by atoms with Crippen molar-refractivity contribution in [2.75, 3.05) is 19.8 Å². The van der Waals surface area contributed by atoms with Crippen molar-refractivity contribution in [1.29, 1.82) is 0 Å². The van der Waals surface area contributed by atoms with Gasteiger partial charge in [-0.25, -0.2) is 13.1 Å². The van der Waals surface area contributed by atoms with Gasteiger partial charge in [0.05, 0.1) is 17.6 Å². The van der Waals surface area contributed by atoms with E-state index < -0.39 is 10.0 Å². The highest BCUT2D eigenvalue weighted by Gasteiger charge is 2.23. The SMILES string of the molecule is CCOc1cc(C)c(S(=O)(=O)NC[C@@H]2CCCO2)cc1C(C)C. The lowest BCUT2D eigenvalue weighted by atomic mass is 10.0. The molecule has 1 N–H and O–H groups in total. The molecular formula is C17H27NO4S. The Labute approximate surface area is 139 Å². The van der Waals surface area contributed by atoms with Gasteiger partial charge in [0.2, 0.25) is 10.0 Å². The molecule has 0 bridgehead atoms. The van der Waals surface area contributed by atoms with Crippen LogP contribution in [0.4, 0.5) is 0 Å². The van der Waals surface area contributed by atoms with Crippen LogP contribution in [0.1, 0.15) is 50.7 Å². The van der Waals surface area contributed by atoms with Crippen molar-refractivity contribution in [2.45, 2.75) is 57.5 Å². The van der Waals surface area contributed by atoms with Gasteiger partial charge >= 0.3 is 0 Å². The monoisotopic (exact) mass is 341 g/mol. The van der Waals surface area contributed by atoms with Crippen LogP contribution in [-0.4, -0.2) is 34.3 Å². The van der Waals surface area contributed by atoms with Crippen LogP contribution in [0.5, 0.6) is 5.75 Å². The molecule has 130 valence electrons. The van der Waals surface area contributed by atoms with Crippen molar-refractivity contribution in [2.24, 2.45) is 0 Å². The molecule has 6 heteroatoms. The third kappa shape index (κ3) is 4.46. The molecule has 0 aromatic heterocycles. The number of aryl methyl sites for hydroxylation is 1. The van der Waals surface area contributed by atoms with Gasteiger partial charge in [-0.3, -0.25) is 0 Å². The summed E-state index contributed by atoms with van der Waals surface area (Å²) < 4.78 is 39.1. The minimum absolute atomic E-state index is 0.0163. The fraction of sp³-hybridized carbons (Fsp3) is 0.647. The summed E-state index contributed by atoms with van der Waals surface area (Å²) >= 11 is 0. The summed E-state index contributed by atoms with van der Waals surface area (Å²) in [5.41, 5.74) is 1.60. The van der Waals surface area contributed by atoms with Crippen LogP contribution in [0.15, 0.2) is 17.0 Å². The Kier molecular flexibility index (Phi) is 6.06. The Morgan fingerprint density at radius 3 is 2.70 bits per heavy atom. The Balaban J connectivity index is 2.27. The Morgan fingerprint density at radius 1 is 1.39 bits per heavy atom. The lowest BCUT2D eigenvalue weighted by molar-refractivity contribution is 0.114. The van der Waals surface area contributed by atoms with Crippen molar-refractivity contribution in [3.05, 3.63) is 23.3 Å². The maximum Gasteiger partial charge on any atom is 0.240 e. The first kappa shape index (κ1) is 18.2. The van der Waals surface area contributed by atoms with E-state index in [-0.39, 0.29) is 12.0 Å². The number of nitrogens with one attached hydrogen (secondary N) is 1. The number of hydrogen-bond acceptors (Lipinski definition) is 4. The average Bonchev–Trinajstić information content (AvgIpc) is 2.98. The largest absolute Gasteiger partial charge is 0.494 e. The lowest BCUT2D eigenvalue weighted by Crippen LogP contribution is -2.32. The minimum atomic E-state index is -3.55. The zero-order chi connectivity index (χ0) is 17.0. The fourth-order valence-corrected chi connectivity index (χ4v) is 4.11. The lowest BCUT2D eigenvalue weighted by Gasteiger charge is -2.18. The van der Waals surface area contributed by atoms with E-state index in [1.54, 1.807) is 13.0 Å². The van der Waals surface area contributed by atoms with Crippen molar-refractivity contribution in [3.8, 4) is 5.75 Å². The Bertz CT molecular complexity index is 634. The third-order valence-electron chi connectivity index (χ3n) is 4.04. The standard InChI is InChI=1S/C17H27NO4S/c1-5-21-16-9-13(4)17(10-15(16)12(2)3)23(19,20)18-11-14-7-6-8-22-14/h9-10,12,14,18H,5-8,11H2,1-4H3/t14-/m0/s1. The van der Waals surface area contributed by atoms with E-state index in [0.717, 1.165) is 24.2 Å². The molecular weight excluding hydrogens is 314 g/mol. The van der Waals surface area contributed by atoms with Crippen LogP contribution < -0.4 is 9.46 Å². The number of ether oxygens (including phenoxy) is 2. The third-order valence-corrected chi connectivity index (χ3v) is 5.61. The molecule has 0 amide bonds. The Hall–Kier alpha value is -1.11. The molecule has 0 saturated carbocycles. The van der Waals surface area contributed by atoms with Gasteiger partial charge in [-0.1, -0.05) is 13.8 Å². The molecule has 1 fully saturated rings. The highest BCUT2D eigenvalue weighted by molar-refractivity contribution is 7.89. The summed E-state index contributed by atoms with van der Waals surface area (Å²) in [5.74, 6) is 0.947. The van der Waals surface area contributed by atoms with E-state index in [2.05, 4.69) is 4.72 Å². The zero-order valence-corrected chi connectivity index (χ0v) is 15.2. The van der Waals surface area contributed by atoms with E-state index in [4.69, 9.17) is 9.47 Å². The van der Waals surface area contributed by atoms with Gasteiger partial charge in [-0.05, 0) is 55.9 Å². The summed E-state index contributed by atoms with van der Waals surface area (Å²) in [6, 6.07) is 3.56. The first-order chi connectivity index (χ1) is 10.8.